The summed E-state index contributed by atoms with van der Waals surface area (Å²) in [6, 6.07) is 0. The molecule has 0 aromatic rings. The average molecular weight is 285 g/mol. The van der Waals surface area contributed by atoms with E-state index in [0.29, 0.717) is 11.8 Å². The summed E-state index contributed by atoms with van der Waals surface area (Å²) in [6.45, 7) is 3.83. The van der Waals surface area contributed by atoms with Crippen LogP contribution in [0.4, 0.5) is 0 Å². The number of nitrogens with one attached hydrogen (secondary N) is 1. The highest BCUT2D eigenvalue weighted by atomic mass is 35.5. The van der Waals surface area contributed by atoms with E-state index in [2.05, 4.69) is 10.2 Å². The molecule has 4 saturated carbocycles. The number of halogens is 1. The third-order valence-electron chi connectivity index (χ3n) is 5.94. The van der Waals surface area contributed by atoms with Gasteiger partial charge in [0.25, 0.3) is 0 Å². The van der Waals surface area contributed by atoms with Crippen LogP contribution in [-0.2, 0) is 4.79 Å². The molecule has 1 heterocycles. The number of amides is 1. The predicted octanol–water partition coefficient (Wildman–Crippen LogP) is 1.91. The maximum atomic E-state index is 12.8. The third-order valence-corrected chi connectivity index (χ3v) is 5.94. The summed E-state index contributed by atoms with van der Waals surface area (Å²) in [6.07, 6.45) is 6.90. The van der Waals surface area contributed by atoms with Gasteiger partial charge in [-0.15, -0.1) is 12.4 Å². The lowest BCUT2D eigenvalue weighted by atomic mass is 9.51. The zero-order valence-corrected chi connectivity index (χ0v) is 12.3. The summed E-state index contributed by atoms with van der Waals surface area (Å²) in [5, 5.41) is 3.34. The van der Waals surface area contributed by atoms with Crippen molar-refractivity contribution in [2.45, 2.75) is 32.1 Å². The summed E-state index contributed by atoms with van der Waals surface area (Å²) in [5.41, 5.74) is 0. The van der Waals surface area contributed by atoms with Crippen LogP contribution in [0.15, 0.2) is 0 Å². The van der Waals surface area contributed by atoms with Gasteiger partial charge in [-0.05, 0) is 55.8 Å². The second-order valence-electron chi connectivity index (χ2n) is 7.03. The number of carbonyl (C=O) groups is 1. The van der Waals surface area contributed by atoms with Crippen molar-refractivity contribution in [3.63, 3.8) is 0 Å². The predicted molar refractivity (Wildman–Crippen MR) is 77.2 cm³/mol. The minimum atomic E-state index is 0. The first kappa shape index (κ1) is 13.7. The second kappa shape index (κ2) is 5.25. The normalized spacial score (nSPS) is 44.0. The van der Waals surface area contributed by atoms with Gasteiger partial charge in [0, 0.05) is 32.1 Å². The van der Waals surface area contributed by atoms with E-state index in [0.717, 1.165) is 49.9 Å². The van der Waals surface area contributed by atoms with Crippen molar-refractivity contribution in [2.75, 3.05) is 26.2 Å². The van der Waals surface area contributed by atoms with Crippen molar-refractivity contribution in [1.82, 2.24) is 10.2 Å². The molecule has 19 heavy (non-hydrogen) atoms. The van der Waals surface area contributed by atoms with Crippen LogP contribution in [-0.4, -0.2) is 37.0 Å². The van der Waals surface area contributed by atoms with Crippen molar-refractivity contribution in [3.05, 3.63) is 0 Å². The summed E-state index contributed by atoms with van der Waals surface area (Å²) in [7, 11) is 0. The molecular formula is C15H25ClN2O. The van der Waals surface area contributed by atoms with Gasteiger partial charge in [-0.3, -0.25) is 4.79 Å². The number of nitrogens with zero attached hydrogens (tertiary/aromatic N) is 1. The first-order valence-electron chi connectivity index (χ1n) is 7.81. The number of carbonyl (C=O) groups excluding carboxylic acids is 1. The first-order valence-corrected chi connectivity index (χ1v) is 7.81. The molecule has 0 spiro atoms. The minimum Gasteiger partial charge on any atom is -0.340 e. The lowest BCUT2D eigenvalue weighted by Crippen LogP contribution is -2.55. The van der Waals surface area contributed by atoms with Crippen LogP contribution in [0.5, 0.6) is 0 Å². The Morgan fingerprint density at radius 3 is 1.95 bits per heavy atom. The molecule has 1 amide bonds. The Bertz CT molecular complexity index is 326. The Morgan fingerprint density at radius 1 is 0.895 bits per heavy atom. The third kappa shape index (κ3) is 2.29. The van der Waals surface area contributed by atoms with Crippen LogP contribution < -0.4 is 5.32 Å². The highest BCUT2D eigenvalue weighted by Gasteiger charge is 2.51. The molecule has 1 saturated heterocycles. The molecule has 5 aliphatic rings. The van der Waals surface area contributed by atoms with Gasteiger partial charge in [0.15, 0.2) is 0 Å². The summed E-state index contributed by atoms with van der Waals surface area (Å²) >= 11 is 0. The molecule has 0 atom stereocenters. The molecular weight excluding hydrogens is 260 g/mol. The SMILES string of the molecule is Cl.O=C(C1C2CC3CC(C2)CC1C3)N1CCNCC1. The highest BCUT2D eigenvalue weighted by molar-refractivity contribution is 5.85. The van der Waals surface area contributed by atoms with E-state index in [1.165, 1.54) is 32.1 Å². The Balaban J connectivity index is 0.00000110. The van der Waals surface area contributed by atoms with Crippen LogP contribution in [0, 0.1) is 29.6 Å². The van der Waals surface area contributed by atoms with Crippen LogP contribution in [0.25, 0.3) is 0 Å². The molecule has 5 fully saturated rings. The summed E-state index contributed by atoms with van der Waals surface area (Å²) in [5.74, 6) is 4.33. The van der Waals surface area contributed by atoms with E-state index in [1.807, 2.05) is 0 Å². The molecule has 3 nitrogen and oxygen atoms in total. The molecule has 0 radical (unpaired) electrons. The Labute approximate surface area is 121 Å². The molecule has 0 unspecified atom stereocenters. The minimum absolute atomic E-state index is 0. The van der Waals surface area contributed by atoms with Crippen LogP contribution in [0.3, 0.4) is 0 Å². The van der Waals surface area contributed by atoms with Gasteiger partial charge < -0.3 is 10.2 Å². The summed E-state index contributed by atoms with van der Waals surface area (Å²) < 4.78 is 0. The molecule has 1 aliphatic heterocycles. The number of rotatable bonds is 1. The molecule has 4 aliphatic carbocycles. The second-order valence-corrected chi connectivity index (χ2v) is 7.03. The van der Waals surface area contributed by atoms with Crippen LogP contribution >= 0.6 is 12.4 Å². The van der Waals surface area contributed by atoms with Crippen LogP contribution in [0.2, 0.25) is 0 Å². The van der Waals surface area contributed by atoms with E-state index in [4.69, 9.17) is 0 Å². The fourth-order valence-corrected chi connectivity index (χ4v) is 5.42. The van der Waals surface area contributed by atoms with Gasteiger partial charge in [0.2, 0.25) is 5.91 Å². The van der Waals surface area contributed by atoms with Crippen molar-refractivity contribution >= 4 is 18.3 Å². The molecule has 4 heteroatoms. The van der Waals surface area contributed by atoms with E-state index in [9.17, 15) is 4.79 Å². The standard InChI is InChI=1S/C15H24N2O.ClH/c18-15(17-3-1-16-2-4-17)14-12-6-10-5-11(8-12)9-13(14)7-10;/h10-14,16H,1-9H2;1H. The molecule has 108 valence electrons. The number of hydrogen-bond donors (Lipinski definition) is 1. The molecule has 0 aromatic heterocycles. The largest absolute Gasteiger partial charge is 0.340 e. The molecule has 4 bridgehead atoms. The van der Waals surface area contributed by atoms with Gasteiger partial charge in [-0.1, -0.05) is 0 Å². The van der Waals surface area contributed by atoms with E-state index in [1.54, 1.807) is 0 Å². The maximum absolute atomic E-state index is 12.8. The first-order chi connectivity index (χ1) is 8.81. The quantitative estimate of drug-likeness (QED) is 0.798. The highest BCUT2D eigenvalue weighted by Crippen LogP contribution is 2.56. The molecule has 5 rings (SSSR count). The number of hydrogen-bond acceptors (Lipinski definition) is 2. The Morgan fingerprint density at radius 2 is 1.42 bits per heavy atom. The molecule has 1 N–H and O–H groups in total. The van der Waals surface area contributed by atoms with E-state index < -0.39 is 0 Å². The lowest BCUT2D eigenvalue weighted by Gasteiger charge is -2.54. The van der Waals surface area contributed by atoms with E-state index >= 15 is 0 Å². The summed E-state index contributed by atoms with van der Waals surface area (Å²) in [4.78, 5) is 14.9. The number of piperazine rings is 1. The van der Waals surface area contributed by atoms with Gasteiger partial charge in [0.1, 0.15) is 0 Å². The maximum Gasteiger partial charge on any atom is 0.226 e. The van der Waals surface area contributed by atoms with Gasteiger partial charge >= 0.3 is 0 Å². The van der Waals surface area contributed by atoms with E-state index in [-0.39, 0.29) is 12.4 Å². The Hall–Kier alpha value is -0.280. The van der Waals surface area contributed by atoms with Gasteiger partial charge in [-0.2, -0.15) is 0 Å². The van der Waals surface area contributed by atoms with Crippen molar-refractivity contribution in [1.29, 1.82) is 0 Å². The zero-order valence-electron chi connectivity index (χ0n) is 11.5. The van der Waals surface area contributed by atoms with Gasteiger partial charge in [-0.25, -0.2) is 0 Å². The van der Waals surface area contributed by atoms with Crippen molar-refractivity contribution in [3.8, 4) is 0 Å². The topological polar surface area (TPSA) is 32.3 Å². The smallest absolute Gasteiger partial charge is 0.226 e. The molecule has 0 aromatic carbocycles. The monoisotopic (exact) mass is 284 g/mol. The fourth-order valence-electron chi connectivity index (χ4n) is 5.42. The van der Waals surface area contributed by atoms with Crippen LogP contribution in [0.1, 0.15) is 32.1 Å². The fraction of sp³-hybridized carbons (Fsp3) is 0.933. The Kier molecular flexibility index (Phi) is 3.78. The average Bonchev–Trinajstić information content (AvgIpc) is 2.38. The van der Waals surface area contributed by atoms with Crippen molar-refractivity contribution < 1.29 is 4.79 Å². The lowest BCUT2D eigenvalue weighted by molar-refractivity contribution is -0.149. The van der Waals surface area contributed by atoms with Gasteiger partial charge in [0.05, 0.1) is 0 Å². The van der Waals surface area contributed by atoms with Crippen molar-refractivity contribution in [2.24, 2.45) is 29.6 Å². The zero-order chi connectivity index (χ0) is 12.1.